The monoisotopic (exact) mass is 624 g/mol. The SMILES string of the molecule is CP(C)(=O)OCCC1C=CCC2C(=O)N(CCCCCCN3C(=O)C4CC=CC(CCOP(C)(C)=O)C4C3=O)C(=O)C12. The lowest BCUT2D eigenvalue weighted by Gasteiger charge is -2.26. The Morgan fingerprint density at radius 3 is 1.38 bits per heavy atom. The number of carbonyl (C=O) groups excluding carboxylic acids is 4. The minimum Gasteiger partial charge on any atom is -0.329 e. The molecule has 12 heteroatoms. The highest BCUT2D eigenvalue weighted by molar-refractivity contribution is 7.57. The van der Waals surface area contributed by atoms with Gasteiger partial charge in [0.15, 0.2) is 14.7 Å². The third-order valence-corrected chi connectivity index (χ3v) is 10.4. The number of allylic oxidation sites excluding steroid dienone is 4. The fraction of sp³-hybridized carbons (Fsp3) is 0.733. The number of hydrogen-bond donors (Lipinski definition) is 0. The molecule has 0 saturated carbocycles. The van der Waals surface area contributed by atoms with Crippen molar-refractivity contribution in [1.82, 2.24) is 9.80 Å². The van der Waals surface area contributed by atoms with Crippen LogP contribution in [0, 0.1) is 35.5 Å². The van der Waals surface area contributed by atoms with Crippen molar-refractivity contribution in [2.45, 2.75) is 51.4 Å². The van der Waals surface area contributed by atoms with E-state index in [9.17, 15) is 28.3 Å². The summed E-state index contributed by atoms with van der Waals surface area (Å²) in [4.78, 5) is 55.3. The molecule has 0 spiro atoms. The van der Waals surface area contributed by atoms with Gasteiger partial charge in [0, 0.05) is 39.7 Å². The molecule has 10 nitrogen and oxygen atoms in total. The lowest BCUT2D eigenvalue weighted by atomic mass is 9.76. The Morgan fingerprint density at radius 1 is 0.643 bits per heavy atom. The van der Waals surface area contributed by atoms with Gasteiger partial charge in [0.25, 0.3) is 0 Å². The van der Waals surface area contributed by atoms with E-state index < -0.39 is 14.7 Å². The van der Waals surface area contributed by atoms with Crippen molar-refractivity contribution >= 4 is 38.4 Å². The smallest absolute Gasteiger partial charge is 0.233 e. The highest BCUT2D eigenvalue weighted by Gasteiger charge is 2.51. The van der Waals surface area contributed by atoms with Crippen molar-refractivity contribution in [2.75, 3.05) is 53.0 Å². The van der Waals surface area contributed by atoms with E-state index in [4.69, 9.17) is 9.05 Å². The fourth-order valence-corrected chi connectivity index (χ4v) is 7.92. The molecule has 2 aliphatic heterocycles. The highest BCUT2D eigenvalue weighted by atomic mass is 31.2. The zero-order valence-electron chi connectivity index (χ0n) is 25.3. The van der Waals surface area contributed by atoms with Gasteiger partial charge < -0.3 is 9.05 Å². The molecule has 0 aromatic rings. The summed E-state index contributed by atoms with van der Waals surface area (Å²) in [5.41, 5.74) is 0. The van der Waals surface area contributed by atoms with Gasteiger partial charge >= 0.3 is 0 Å². The predicted molar refractivity (Wildman–Crippen MR) is 160 cm³/mol. The van der Waals surface area contributed by atoms with Gasteiger partial charge in [-0.3, -0.25) is 38.1 Å². The summed E-state index contributed by atoms with van der Waals surface area (Å²) in [5.74, 6) is -2.10. The van der Waals surface area contributed by atoms with Crippen LogP contribution in [0.5, 0.6) is 0 Å². The lowest BCUT2D eigenvalue weighted by molar-refractivity contribution is -0.142. The van der Waals surface area contributed by atoms with Gasteiger partial charge in [-0.1, -0.05) is 37.1 Å². The van der Waals surface area contributed by atoms with Gasteiger partial charge in [0.05, 0.1) is 36.9 Å². The van der Waals surface area contributed by atoms with E-state index in [0.29, 0.717) is 64.8 Å². The van der Waals surface area contributed by atoms with Crippen molar-refractivity contribution in [1.29, 1.82) is 0 Å². The largest absolute Gasteiger partial charge is 0.329 e. The molecule has 6 unspecified atom stereocenters. The molecule has 234 valence electrons. The Hall–Kier alpha value is -1.86. The van der Waals surface area contributed by atoms with Crippen LogP contribution in [0.15, 0.2) is 24.3 Å². The van der Waals surface area contributed by atoms with Gasteiger partial charge in [-0.2, -0.15) is 0 Å². The molecule has 2 heterocycles. The Bertz CT molecular complexity index is 1110. The van der Waals surface area contributed by atoms with Crippen LogP contribution in [-0.4, -0.2) is 86.4 Å². The number of unbranched alkanes of at least 4 members (excludes halogenated alkanes) is 3. The van der Waals surface area contributed by atoms with Crippen LogP contribution < -0.4 is 0 Å². The summed E-state index contributed by atoms with van der Waals surface area (Å²) < 4.78 is 34.6. The van der Waals surface area contributed by atoms with Crippen LogP contribution in [0.4, 0.5) is 0 Å². The van der Waals surface area contributed by atoms with Gasteiger partial charge in [-0.05, 0) is 50.4 Å². The Morgan fingerprint density at radius 2 is 1.02 bits per heavy atom. The van der Waals surface area contributed by atoms with Crippen LogP contribution in [0.25, 0.3) is 0 Å². The number of carbonyl (C=O) groups is 4. The average Bonchev–Trinajstić information content (AvgIpc) is 3.30. The van der Waals surface area contributed by atoms with Crippen molar-refractivity contribution in [3.05, 3.63) is 24.3 Å². The van der Waals surface area contributed by atoms with E-state index in [1.54, 1.807) is 26.7 Å². The summed E-state index contributed by atoms with van der Waals surface area (Å²) in [6, 6.07) is 0. The maximum absolute atomic E-state index is 13.2. The number of fused-ring (bicyclic) bond motifs is 2. The molecule has 0 bridgehead atoms. The molecular weight excluding hydrogens is 578 g/mol. The van der Waals surface area contributed by atoms with Crippen molar-refractivity contribution in [2.24, 2.45) is 35.5 Å². The molecular formula is C30H46N2O8P2. The first-order valence-electron chi connectivity index (χ1n) is 15.2. The minimum atomic E-state index is -2.60. The predicted octanol–water partition coefficient (Wildman–Crippen LogP) is 4.79. The van der Waals surface area contributed by atoms with Crippen LogP contribution in [0.2, 0.25) is 0 Å². The molecule has 0 radical (unpaired) electrons. The summed E-state index contributed by atoms with van der Waals surface area (Å²) in [6.45, 7) is 7.59. The summed E-state index contributed by atoms with van der Waals surface area (Å²) in [6.07, 6.45) is 13.0. The van der Waals surface area contributed by atoms with Gasteiger partial charge in [0.1, 0.15) is 0 Å². The average molecular weight is 625 g/mol. The quantitative estimate of drug-likeness (QED) is 0.110. The molecule has 0 aromatic heterocycles. The third kappa shape index (κ3) is 7.99. The number of amides is 4. The van der Waals surface area contributed by atoms with Crippen molar-refractivity contribution in [3.8, 4) is 0 Å². The molecule has 2 saturated heterocycles. The number of imide groups is 2. The Balaban J connectivity index is 1.20. The second-order valence-corrected chi connectivity index (χ2v) is 18.3. The minimum absolute atomic E-state index is 0.0988. The van der Waals surface area contributed by atoms with E-state index >= 15 is 0 Å². The molecule has 42 heavy (non-hydrogen) atoms. The van der Waals surface area contributed by atoms with E-state index in [-0.39, 0.29) is 59.1 Å². The first-order chi connectivity index (χ1) is 19.8. The van der Waals surface area contributed by atoms with E-state index in [1.165, 1.54) is 9.80 Å². The van der Waals surface area contributed by atoms with Gasteiger partial charge in [-0.15, -0.1) is 0 Å². The first-order valence-corrected chi connectivity index (χ1v) is 20.2. The molecule has 2 aliphatic carbocycles. The lowest BCUT2D eigenvalue weighted by Crippen LogP contribution is -2.33. The topological polar surface area (TPSA) is 127 Å². The summed E-state index contributed by atoms with van der Waals surface area (Å²) in [5, 5.41) is 0. The van der Waals surface area contributed by atoms with Crippen LogP contribution in [0.1, 0.15) is 51.4 Å². The summed E-state index contributed by atoms with van der Waals surface area (Å²) in [7, 11) is -5.20. The number of likely N-dealkylation sites (tertiary alicyclic amines) is 2. The molecule has 4 amide bonds. The maximum Gasteiger partial charge on any atom is 0.233 e. The maximum atomic E-state index is 13.2. The Kier molecular flexibility index (Phi) is 10.9. The first kappa shape index (κ1) is 33.0. The fourth-order valence-electron chi connectivity index (χ4n) is 6.83. The summed E-state index contributed by atoms with van der Waals surface area (Å²) >= 11 is 0. The molecule has 0 N–H and O–H groups in total. The zero-order valence-corrected chi connectivity index (χ0v) is 27.1. The normalized spacial score (nSPS) is 29.5. The number of nitrogens with zero attached hydrogens (tertiary/aromatic N) is 2. The second kappa shape index (κ2) is 13.8. The van der Waals surface area contributed by atoms with Crippen molar-refractivity contribution < 1.29 is 37.4 Å². The van der Waals surface area contributed by atoms with E-state index in [1.807, 2.05) is 24.3 Å². The van der Waals surface area contributed by atoms with Crippen LogP contribution in [-0.2, 0) is 37.4 Å². The van der Waals surface area contributed by atoms with Crippen LogP contribution >= 0.6 is 14.7 Å². The van der Waals surface area contributed by atoms with E-state index in [2.05, 4.69) is 0 Å². The molecule has 0 aromatic carbocycles. The molecule has 6 atom stereocenters. The molecule has 4 aliphatic rings. The number of rotatable bonds is 15. The van der Waals surface area contributed by atoms with Crippen molar-refractivity contribution in [3.63, 3.8) is 0 Å². The molecule has 2 fully saturated rings. The van der Waals surface area contributed by atoms with Gasteiger partial charge in [-0.25, -0.2) is 0 Å². The second-order valence-electron chi connectivity index (χ2n) is 12.7. The number of hydrogen-bond acceptors (Lipinski definition) is 8. The van der Waals surface area contributed by atoms with Gasteiger partial charge in [0.2, 0.25) is 23.6 Å². The Labute approximate surface area is 249 Å². The zero-order chi connectivity index (χ0) is 30.7. The third-order valence-electron chi connectivity index (χ3n) is 8.83. The van der Waals surface area contributed by atoms with E-state index in [0.717, 1.165) is 12.8 Å². The van der Waals surface area contributed by atoms with Crippen LogP contribution in [0.3, 0.4) is 0 Å². The molecule has 4 rings (SSSR count). The standard InChI is InChI=1S/C30H46N2O8P2/c1-41(2,37)39-19-15-21-11-9-13-23-25(21)29(35)31(27(23)33)17-7-5-6-8-18-32-28(34)24-14-10-12-22(26(24)30(32)36)16-20-40-42(3,4)38/h9-12,21-26H,5-8,13-20H2,1-4H3. The highest BCUT2D eigenvalue weighted by Crippen LogP contribution is 2.44.